The summed E-state index contributed by atoms with van der Waals surface area (Å²) in [6, 6.07) is 4.96. The highest BCUT2D eigenvalue weighted by atomic mass is 35.5. The van der Waals surface area contributed by atoms with Crippen molar-refractivity contribution in [3.8, 4) is 0 Å². The zero-order valence-electron chi connectivity index (χ0n) is 15.1. The summed E-state index contributed by atoms with van der Waals surface area (Å²) < 4.78 is 65.0. The van der Waals surface area contributed by atoms with Crippen LogP contribution in [-0.4, -0.2) is 45.2 Å². The SMILES string of the molecule is CN(C)S(=O)(=O)c1cc(C(=O)NCC(=O)Nc2ccc(F)c(F)c2F)ccc1Cl. The number of anilines is 1. The minimum Gasteiger partial charge on any atom is -0.343 e. The van der Waals surface area contributed by atoms with E-state index in [0.717, 1.165) is 16.4 Å². The molecule has 2 rings (SSSR count). The molecule has 0 aromatic heterocycles. The molecular weight excluding hydrogens is 435 g/mol. The maximum Gasteiger partial charge on any atom is 0.251 e. The van der Waals surface area contributed by atoms with E-state index in [1.54, 1.807) is 0 Å². The zero-order valence-corrected chi connectivity index (χ0v) is 16.7. The molecule has 0 radical (unpaired) electrons. The van der Waals surface area contributed by atoms with Crippen LogP contribution in [0.2, 0.25) is 5.02 Å². The van der Waals surface area contributed by atoms with Gasteiger partial charge in [-0.3, -0.25) is 9.59 Å². The minimum atomic E-state index is -3.91. The predicted octanol–water partition coefficient (Wildman–Crippen LogP) is 2.38. The van der Waals surface area contributed by atoms with E-state index < -0.39 is 51.5 Å². The van der Waals surface area contributed by atoms with E-state index in [9.17, 15) is 31.2 Å². The molecule has 0 aliphatic heterocycles. The first-order valence-corrected chi connectivity index (χ1v) is 9.70. The van der Waals surface area contributed by atoms with Crippen molar-refractivity contribution in [3.63, 3.8) is 0 Å². The minimum absolute atomic E-state index is 0.0956. The van der Waals surface area contributed by atoms with Gasteiger partial charge < -0.3 is 10.6 Å². The highest BCUT2D eigenvalue weighted by Gasteiger charge is 2.23. The van der Waals surface area contributed by atoms with Crippen molar-refractivity contribution in [2.75, 3.05) is 26.0 Å². The van der Waals surface area contributed by atoms with Crippen molar-refractivity contribution in [2.45, 2.75) is 4.90 Å². The van der Waals surface area contributed by atoms with E-state index in [2.05, 4.69) is 5.32 Å². The normalized spacial score (nSPS) is 11.4. The van der Waals surface area contributed by atoms with E-state index in [0.29, 0.717) is 6.07 Å². The first-order chi connectivity index (χ1) is 13.4. The van der Waals surface area contributed by atoms with Gasteiger partial charge >= 0.3 is 0 Å². The lowest BCUT2D eigenvalue weighted by Gasteiger charge is -2.14. The summed E-state index contributed by atoms with van der Waals surface area (Å²) in [4.78, 5) is 23.7. The number of nitrogens with zero attached hydrogens (tertiary/aromatic N) is 1. The Hall–Kier alpha value is -2.63. The van der Waals surface area contributed by atoms with Crippen LogP contribution in [0, 0.1) is 17.5 Å². The molecule has 0 saturated heterocycles. The van der Waals surface area contributed by atoms with Gasteiger partial charge in [-0.15, -0.1) is 0 Å². The molecule has 7 nitrogen and oxygen atoms in total. The molecule has 0 unspecified atom stereocenters. The average Bonchev–Trinajstić information content (AvgIpc) is 2.66. The Morgan fingerprint density at radius 2 is 1.72 bits per heavy atom. The average molecular weight is 450 g/mol. The van der Waals surface area contributed by atoms with Crippen LogP contribution in [0.25, 0.3) is 0 Å². The van der Waals surface area contributed by atoms with Crippen LogP contribution >= 0.6 is 11.6 Å². The molecule has 0 aliphatic rings. The molecular formula is C17H15ClF3N3O4S. The Morgan fingerprint density at radius 1 is 1.07 bits per heavy atom. The fraction of sp³-hybridized carbons (Fsp3) is 0.176. The Kier molecular flexibility index (Phi) is 6.88. The summed E-state index contributed by atoms with van der Waals surface area (Å²) in [5, 5.41) is 4.09. The van der Waals surface area contributed by atoms with E-state index >= 15 is 0 Å². The molecule has 0 atom stereocenters. The van der Waals surface area contributed by atoms with Gasteiger partial charge in [-0.2, -0.15) is 0 Å². The van der Waals surface area contributed by atoms with Crippen molar-refractivity contribution in [1.29, 1.82) is 0 Å². The molecule has 0 spiro atoms. The van der Waals surface area contributed by atoms with E-state index in [4.69, 9.17) is 11.6 Å². The summed E-state index contributed by atoms with van der Waals surface area (Å²) in [6.07, 6.45) is 0. The second kappa shape index (κ2) is 8.80. The second-order valence-electron chi connectivity index (χ2n) is 5.89. The number of carbonyl (C=O) groups excluding carboxylic acids is 2. The Bertz CT molecular complexity index is 1080. The van der Waals surface area contributed by atoms with Crippen molar-refractivity contribution in [3.05, 3.63) is 58.4 Å². The van der Waals surface area contributed by atoms with Crippen LogP contribution in [0.15, 0.2) is 35.2 Å². The van der Waals surface area contributed by atoms with Crippen molar-refractivity contribution in [1.82, 2.24) is 9.62 Å². The molecule has 12 heteroatoms. The lowest BCUT2D eigenvalue weighted by atomic mass is 10.2. The highest BCUT2D eigenvalue weighted by Crippen LogP contribution is 2.25. The Labute approximate surface area is 169 Å². The second-order valence-corrected chi connectivity index (χ2v) is 8.41. The standard InChI is InChI=1S/C17H15ClF3N3O4S/c1-24(2)29(27,28)13-7-9(3-4-10(13)18)17(26)22-8-14(25)23-12-6-5-11(19)15(20)16(12)21/h3-7H,8H2,1-2H3,(H,22,26)(H,23,25). The number of rotatable bonds is 6. The number of halogens is 4. The molecule has 2 aromatic rings. The van der Waals surface area contributed by atoms with Crippen LogP contribution < -0.4 is 10.6 Å². The van der Waals surface area contributed by atoms with Gasteiger partial charge in [-0.25, -0.2) is 25.9 Å². The monoisotopic (exact) mass is 449 g/mol. The molecule has 0 saturated carbocycles. The van der Waals surface area contributed by atoms with Gasteiger partial charge in [0.1, 0.15) is 4.90 Å². The van der Waals surface area contributed by atoms with Crippen molar-refractivity contribution in [2.24, 2.45) is 0 Å². The molecule has 0 heterocycles. The third-order valence-corrected chi connectivity index (χ3v) is 5.97. The molecule has 2 amide bonds. The quantitative estimate of drug-likeness (QED) is 0.662. The summed E-state index contributed by atoms with van der Waals surface area (Å²) >= 11 is 5.89. The van der Waals surface area contributed by atoms with Crippen LogP contribution in [0.1, 0.15) is 10.4 Å². The fourth-order valence-corrected chi connectivity index (χ4v) is 3.51. The number of hydrogen-bond donors (Lipinski definition) is 2. The lowest BCUT2D eigenvalue weighted by molar-refractivity contribution is -0.115. The predicted molar refractivity (Wildman–Crippen MR) is 99.6 cm³/mol. The number of amides is 2. The molecule has 2 N–H and O–H groups in total. The van der Waals surface area contributed by atoms with Gasteiger partial charge in [0.2, 0.25) is 15.9 Å². The molecule has 0 aliphatic carbocycles. The van der Waals surface area contributed by atoms with Gasteiger partial charge in [0, 0.05) is 19.7 Å². The Balaban J connectivity index is 2.10. The number of hydrogen-bond acceptors (Lipinski definition) is 4. The molecule has 156 valence electrons. The number of sulfonamides is 1. The van der Waals surface area contributed by atoms with Gasteiger partial charge in [0.05, 0.1) is 17.3 Å². The summed E-state index contributed by atoms with van der Waals surface area (Å²) in [5.41, 5.74) is -0.698. The molecule has 2 aromatic carbocycles. The highest BCUT2D eigenvalue weighted by molar-refractivity contribution is 7.89. The van der Waals surface area contributed by atoms with E-state index in [1.165, 1.54) is 26.2 Å². The number of benzene rings is 2. The maximum atomic E-state index is 13.6. The summed E-state index contributed by atoms with van der Waals surface area (Å²) in [6.45, 7) is -0.643. The van der Waals surface area contributed by atoms with Crippen LogP contribution in [0.4, 0.5) is 18.9 Å². The topological polar surface area (TPSA) is 95.6 Å². The molecule has 29 heavy (non-hydrogen) atoms. The van der Waals surface area contributed by atoms with Crippen molar-refractivity contribution < 1.29 is 31.2 Å². The molecule has 0 bridgehead atoms. The fourth-order valence-electron chi connectivity index (χ4n) is 2.12. The first kappa shape index (κ1) is 22.7. The maximum absolute atomic E-state index is 13.6. The molecule has 0 fully saturated rings. The number of nitrogens with one attached hydrogen (secondary N) is 2. The van der Waals surface area contributed by atoms with Gasteiger partial charge in [0.25, 0.3) is 5.91 Å². The third-order valence-electron chi connectivity index (χ3n) is 3.67. The van der Waals surface area contributed by atoms with E-state index in [-0.39, 0.29) is 15.5 Å². The lowest BCUT2D eigenvalue weighted by Crippen LogP contribution is -2.33. The first-order valence-electron chi connectivity index (χ1n) is 7.88. The van der Waals surface area contributed by atoms with Gasteiger partial charge in [-0.1, -0.05) is 11.6 Å². The van der Waals surface area contributed by atoms with E-state index in [1.807, 2.05) is 5.32 Å². The van der Waals surface area contributed by atoms with Gasteiger partial charge in [-0.05, 0) is 30.3 Å². The zero-order chi connectivity index (χ0) is 21.9. The number of carbonyl (C=O) groups is 2. The smallest absolute Gasteiger partial charge is 0.251 e. The third kappa shape index (κ3) is 5.05. The van der Waals surface area contributed by atoms with Crippen molar-refractivity contribution >= 4 is 39.1 Å². The Morgan fingerprint density at radius 3 is 2.34 bits per heavy atom. The largest absolute Gasteiger partial charge is 0.343 e. The van der Waals surface area contributed by atoms with Gasteiger partial charge in [0.15, 0.2) is 17.5 Å². The van der Waals surface area contributed by atoms with Crippen LogP contribution in [0.3, 0.4) is 0 Å². The van der Waals surface area contributed by atoms with Crippen LogP contribution in [0.5, 0.6) is 0 Å². The summed E-state index contributed by atoms with van der Waals surface area (Å²) in [5.74, 6) is -6.47. The summed E-state index contributed by atoms with van der Waals surface area (Å²) in [7, 11) is -1.33. The van der Waals surface area contributed by atoms with Crippen LogP contribution in [-0.2, 0) is 14.8 Å².